The Kier molecular flexibility index (Phi) is 6.74. The van der Waals surface area contributed by atoms with E-state index in [2.05, 4.69) is 22.5 Å². The number of thiocarbonyl (C=S) groups is 1. The van der Waals surface area contributed by atoms with Crippen molar-refractivity contribution >= 4 is 34.6 Å². The maximum absolute atomic E-state index is 5.85. The van der Waals surface area contributed by atoms with E-state index < -0.39 is 0 Å². The molecule has 1 unspecified atom stereocenters. The van der Waals surface area contributed by atoms with Crippen molar-refractivity contribution in [3.63, 3.8) is 0 Å². The van der Waals surface area contributed by atoms with Gasteiger partial charge in [0.1, 0.15) is 0 Å². The highest BCUT2D eigenvalue weighted by Crippen LogP contribution is 2.15. The predicted octanol–water partition coefficient (Wildman–Crippen LogP) is 3.75. The fourth-order valence-corrected chi connectivity index (χ4v) is 3.05. The van der Waals surface area contributed by atoms with Crippen molar-refractivity contribution in [2.45, 2.75) is 26.2 Å². The Labute approximate surface area is 138 Å². The summed E-state index contributed by atoms with van der Waals surface area (Å²) >= 11 is 11.1. The van der Waals surface area contributed by atoms with Crippen LogP contribution in [0.5, 0.6) is 0 Å². The smallest absolute Gasteiger partial charge is 0.170 e. The number of piperidine rings is 1. The number of rotatable bonds is 5. The largest absolute Gasteiger partial charge is 0.362 e. The molecular formula is C16H24ClN3S. The Bertz CT molecular complexity index is 449. The lowest BCUT2D eigenvalue weighted by atomic mass is 10.0. The Hall–Kier alpha value is -0.840. The summed E-state index contributed by atoms with van der Waals surface area (Å²) in [6.45, 7) is 6.89. The van der Waals surface area contributed by atoms with E-state index in [0.717, 1.165) is 36.1 Å². The normalized spacial score (nSPS) is 19.2. The van der Waals surface area contributed by atoms with E-state index in [1.54, 1.807) is 0 Å². The maximum Gasteiger partial charge on any atom is 0.170 e. The summed E-state index contributed by atoms with van der Waals surface area (Å²) in [5.74, 6) is 0.847. The summed E-state index contributed by atoms with van der Waals surface area (Å²) in [4.78, 5) is 2.56. The summed E-state index contributed by atoms with van der Waals surface area (Å²) in [6.07, 6.45) is 3.84. The van der Waals surface area contributed by atoms with E-state index in [1.165, 1.54) is 25.9 Å². The quantitative estimate of drug-likeness (QED) is 0.637. The van der Waals surface area contributed by atoms with Gasteiger partial charge in [0.25, 0.3) is 0 Å². The van der Waals surface area contributed by atoms with Gasteiger partial charge in [-0.05, 0) is 74.8 Å². The molecular weight excluding hydrogens is 302 g/mol. The third kappa shape index (κ3) is 6.20. The van der Waals surface area contributed by atoms with E-state index in [-0.39, 0.29) is 0 Å². The van der Waals surface area contributed by atoms with Crippen LogP contribution in [-0.2, 0) is 0 Å². The molecule has 1 saturated heterocycles. The van der Waals surface area contributed by atoms with Gasteiger partial charge in [-0.1, -0.05) is 18.5 Å². The molecule has 1 fully saturated rings. The summed E-state index contributed by atoms with van der Waals surface area (Å²) in [5, 5.41) is 7.82. The number of hydrogen-bond donors (Lipinski definition) is 2. The molecule has 2 rings (SSSR count). The van der Waals surface area contributed by atoms with Crippen LogP contribution in [0.25, 0.3) is 0 Å². The zero-order chi connectivity index (χ0) is 15.1. The van der Waals surface area contributed by atoms with Gasteiger partial charge >= 0.3 is 0 Å². The zero-order valence-electron chi connectivity index (χ0n) is 12.6. The molecule has 0 bridgehead atoms. The van der Waals surface area contributed by atoms with Crippen LogP contribution in [0.2, 0.25) is 5.02 Å². The van der Waals surface area contributed by atoms with Crippen LogP contribution in [0.15, 0.2) is 24.3 Å². The molecule has 1 aliphatic heterocycles. The SMILES string of the molecule is CC1CCCN(CCCNC(=S)Nc2ccc(Cl)cc2)C1. The molecule has 1 atom stereocenters. The summed E-state index contributed by atoms with van der Waals surface area (Å²) < 4.78 is 0. The molecule has 2 N–H and O–H groups in total. The minimum absolute atomic E-state index is 0.671. The molecule has 0 saturated carbocycles. The van der Waals surface area contributed by atoms with Gasteiger partial charge in [-0.2, -0.15) is 0 Å². The van der Waals surface area contributed by atoms with E-state index in [9.17, 15) is 0 Å². The van der Waals surface area contributed by atoms with Gasteiger partial charge in [-0.3, -0.25) is 0 Å². The molecule has 3 nitrogen and oxygen atoms in total. The Morgan fingerprint density at radius 2 is 2.14 bits per heavy atom. The topological polar surface area (TPSA) is 27.3 Å². The maximum atomic E-state index is 5.85. The summed E-state index contributed by atoms with van der Waals surface area (Å²) in [5.41, 5.74) is 0.960. The molecule has 5 heteroatoms. The van der Waals surface area contributed by atoms with Crippen molar-refractivity contribution in [3.05, 3.63) is 29.3 Å². The second-order valence-corrected chi connectivity index (χ2v) is 6.63. The third-order valence-corrected chi connectivity index (χ3v) is 4.28. The van der Waals surface area contributed by atoms with Crippen molar-refractivity contribution in [1.29, 1.82) is 0 Å². The van der Waals surface area contributed by atoms with E-state index in [1.807, 2.05) is 24.3 Å². The van der Waals surface area contributed by atoms with Crippen molar-refractivity contribution < 1.29 is 0 Å². The number of nitrogens with zero attached hydrogens (tertiary/aromatic N) is 1. The van der Waals surface area contributed by atoms with E-state index in [0.29, 0.717) is 5.11 Å². The second kappa shape index (κ2) is 8.57. The number of anilines is 1. The fraction of sp³-hybridized carbons (Fsp3) is 0.562. The molecule has 21 heavy (non-hydrogen) atoms. The number of likely N-dealkylation sites (tertiary alicyclic amines) is 1. The van der Waals surface area contributed by atoms with E-state index >= 15 is 0 Å². The van der Waals surface area contributed by atoms with Gasteiger partial charge in [-0.25, -0.2) is 0 Å². The first-order valence-corrected chi connectivity index (χ1v) is 8.45. The lowest BCUT2D eigenvalue weighted by Crippen LogP contribution is -2.37. The molecule has 116 valence electrons. The molecule has 1 aromatic carbocycles. The average molecular weight is 326 g/mol. The highest BCUT2D eigenvalue weighted by Gasteiger charge is 2.15. The first-order valence-electron chi connectivity index (χ1n) is 7.66. The van der Waals surface area contributed by atoms with Crippen LogP contribution in [0, 0.1) is 5.92 Å². The Morgan fingerprint density at radius 1 is 1.38 bits per heavy atom. The number of nitrogens with one attached hydrogen (secondary N) is 2. The summed E-state index contributed by atoms with van der Waals surface area (Å²) in [7, 11) is 0. The lowest BCUT2D eigenvalue weighted by molar-refractivity contribution is 0.182. The predicted molar refractivity (Wildman–Crippen MR) is 95.1 cm³/mol. The molecule has 0 spiro atoms. The first-order chi connectivity index (χ1) is 10.1. The van der Waals surface area contributed by atoms with Gasteiger partial charge in [0.05, 0.1) is 0 Å². The molecule has 1 heterocycles. The highest BCUT2D eigenvalue weighted by atomic mass is 35.5. The van der Waals surface area contributed by atoms with Crippen molar-refractivity contribution in [1.82, 2.24) is 10.2 Å². The number of halogens is 1. The van der Waals surface area contributed by atoms with Crippen LogP contribution in [-0.4, -0.2) is 36.2 Å². The fourth-order valence-electron chi connectivity index (χ4n) is 2.70. The second-order valence-electron chi connectivity index (χ2n) is 5.79. The van der Waals surface area contributed by atoms with Crippen molar-refractivity contribution in [3.8, 4) is 0 Å². The Morgan fingerprint density at radius 3 is 2.86 bits per heavy atom. The van der Waals surface area contributed by atoms with Gasteiger partial charge in [0, 0.05) is 23.8 Å². The molecule has 0 amide bonds. The highest BCUT2D eigenvalue weighted by molar-refractivity contribution is 7.80. The molecule has 0 aromatic heterocycles. The van der Waals surface area contributed by atoms with Crippen LogP contribution < -0.4 is 10.6 Å². The molecule has 1 aromatic rings. The zero-order valence-corrected chi connectivity index (χ0v) is 14.1. The van der Waals surface area contributed by atoms with Gasteiger partial charge < -0.3 is 15.5 Å². The first kappa shape index (κ1) is 16.5. The van der Waals surface area contributed by atoms with Crippen LogP contribution >= 0.6 is 23.8 Å². The minimum Gasteiger partial charge on any atom is -0.362 e. The average Bonchev–Trinajstić information content (AvgIpc) is 2.46. The minimum atomic E-state index is 0.671. The molecule has 0 radical (unpaired) electrons. The van der Waals surface area contributed by atoms with Crippen molar-refractivity contribution in [2.24, 2.45) is 5.92 Å². The molecule has 0 aliphatic carbocycles. The van der Waals surface area contributed by atoms with Crippen LogP contribution in [0.4, 0.5) is 5.69 Å². The van der Waals surface area contributed by atoms with Gasteiger partial charge in [0.2, 0.25) is 0 Å². The monoisotopic (exact) mass is 325 g/mol. The number of benzene rings is 1. The van der Waals surface area contributed by atoms with E-state index in [4.69, 9.17) is 23.8 Å². The third-order valence-electron chi connectivity index (χ3n) is 3.78. The summed E-state index contributed by atoms with van der Waals surface area (Å²) in [6, 6.07) is 7.55. The van der Waals surface area contributed by atoms with Crippen LogP contribution in [0.3, 0.4) is 0 Å². The standard InChI is InChI=1S/C16H24ClN3S/c1-13-4-2-10-20(12-13)11-3-9-18-16(21)19-15-7-5-14(17)6-8-15/h5-8,13H,2-4,9-12H2,1H3,(H2,18,19,21). The van der Waals surface area contributed by atoms with Gasteiger partial charge in [-0.15, -0.1) is 0 Å². The Balaban J connectivity index is 1.59. The number of hydrogen-bond acceptors (Lipinski definition) is 2. The molecule has 1 aliphatic rings. The van der Waals surface area contributed by atoms with Crippen LogP contribution in [0.1, 0.15) is 26.2 Å². The van der Waals surface area contributed by atoms with Gasteiger partial charge in [0.15, 0.2) is 5.11 Å². The van der Waals surface area contributed by atoms with Crippen molar-refractivity contribution in [2.75, 3.05) is 31.5 Å². The lowest BCUT2D eigenvalue weighted by Gasteiger charge is -2.30.